The van der Waals surface area contributed by atoms with Gasteiger partial charge in [-0.05, 0) is 26.0 Å². The highest BCUT2D eigenvalue weighted by atomic mass is 16.5. The van der Waals surface area contributed by atoms with E-state index in [-0.39, 0.29) is 18.6 Å². The first-order valence-electron chi connectivity index (χ1n) is 7.93. The molecule has 1 atom stereocenters. The maximum Gasteiger partial charge on any atom is 0.337 e. The molecule has 2 amide bonds. The lowest BCUT2D eigenvalue weighted by Gasteiger charge is -2.27. The standard InChI is InChI=1S/C17H18N4O4/c1-3-25-16(23)15-10(2)19-17(24)20-12(15)9-21-13-7-5-4-6-11(13)14(22)8-18-21/h4-8,10H,3,9H2,1-2H3,(H2,19,20,24)/t10-/m1/s1. The molecule has 1 aliphatic rings. The molecule has 130 valence electrons. The lowest BCUT2D eigenvalue weighted by Crippen LogP contribution is -2.50. The molecule has 0 saturated carbocycles. The number of para-hydroxylation sites is 1. The largest absolute Gasteiger partial charge is 0.463 e. The van der Waals surface area contributed by atoms with E-state index >= 15 is 0 Å². The van der Waals surface area contributed by atoms with Gasteiger partial charge in [0.25, 0.3) is 0 Å². The molecule has 0 unspecified atom stereocenters. The van der Waals surface area contributed by atoms with Crippen LogP contribution in [0.1, 0.15) is 13.8 Å². The predicted octanol–water partition coefficient (Wildman–Crippen LogP) is 0.915. The van der Waals surface area contributed by atoms with E-state index in [9.17, 15) is 14.4 Å². The van der Waals surface area contributed by atoms with E-state index in [1.807, 2.05) is 0 Å². The summed E-state index contributed by atoms with van der Waals surface area (Å²) in [4.78, 5) is 36.1. The molecule has 0 saturated heterocycles. The molecule has 0 aliphatic carbocycles. The van der Waals surface area contributed by atoms with Gasteiger partial charge in [-0.25, -0.2) is 9.59 Å². The molecule has 1 aliphatic heterocycles. The average molecular weight is 342 g/mol. The molecule has 2 N–H and O–H groups in total. The van der Waals surface area contributed by atoms with Crippen LogP contribution in [-0.2, 0) is 16.1 Å². The minimum Gasteiger partial charge on any atom is -0.463 e. The molecule has 0 spiro atoms. The SMILES string of the molecule is CCOC(=O)C1=C(Cn2ncc(=O)c3ccccc32)NC(=O)N[C@@H]1C. The summed E-state index contributed by atoms with van der Waals surface area (Å²) < 4.78 is 6.67. The van der Waals surface area contributed by atoms with E-state index in [4.69, 9.17) is 4.74 Å². The van der Waals surface area contributed by atoms with Gasteiger partial charge in [0.1, 0.15) is 0 Å². The van der Waals surface area contributed by atoms with E-state index in [2.05, 4.69) is 15.7 Å². The minimum absolute atomic E-state index is 0.132. The van der Waals surface area contributed by atoms with E-state index < -0.39 is 18.0 Å². The van der Waals surface area contributed by atoms with Crippen LogP contribution in [0.3, 0.4) is 0 Å². The summed E-state index contributed by atoms with van der Waals surface area (Å²) in [5.41, 5.74) is 1.17. The van der Waals surface area contributed by atoms with Crippen LogP contribution in [0.15, 0.2) is 46.5 Å². The van der Waals surface area contributed by atoms with Gasteiger partial charge in [0.15, 0.2) is 0 Å². The van der Waals surface area contributed by atoms with Crippen molar-refractivity contribution in [2.24, 2.45) is 0 Å². The summed E-state index contributed by atoms with van der Waals surface area (Å²) in [5.74, 6) is -0.497. The van der Waals surface area contributed by atoms with Gasteiger partial charge in [0.2, 0.25) is 5.43 Å². The average Bonchev–Trinajstić information content (AvgIpc) is 2.57. The van der Waals surface area contributed by atoms with Crippen molar-refractivity contribution in [3.05, 3.63) is 52.0 Å². The summed E-state index contributed by atoms with van der Waals surface area (Å²) in [6.07, 6.45) is 1.22. The summed E-state index contributed by atoms with van der Waals surface area (Å²) in [7, 11) is 0. The number of carbonyl (C=O) groups is 2. The van der Waals surface area contributed by atoms with Crippen molar-refractivity contribution >= 4 is 22.9 Å². The van der Waals surface area contributed by atoms with Crippen molar-refractivity contribution in [2.75, 3.05) is 6.61 Å². The van der Waals surface area contributed by atoms with Crippen molar-refractivity contribution in [1.29, 1.82) is 0 Å². The van der Waals surface area contributed by atoms with Crippen LogP contribution < -0.4 is 16.1 Å². The normalized spacial score (nSPS) is 17.2. The van der Waals surface area contributed by atoms with Crippen molar-refractivity contribution in [3.8, 4) is 0 Å². The topological polar surface area (TPSA) is 102 Å². The number of carbonyl (C=O) groups excluding carboxylic acids is 2. The number of aromatic nitrogens is 2. The van der Waals surface area contributed by atoms with Crippen LogP contribution in [0.4, 0.5) is 4.79 Å². The fourth-order valence-corrected chi connectivity index (χ4v) is 2.84. The molecule has 2 heterocycles. The third-order valence-corrected chi connectivity index (χ3v) is 3.94. The number of ether oxygens (including phenoxy) is 1. The number of esters is 1. The van der Waals surface area contributed by atoms with E-state index in [1.54, 1.807) is 42.8 Å². The summed E-state index contributed by atoms with van der Waals surface area (Å²) >= 11 is 0. The fraction of sp³-hybridized carbons (Fsp3) is 0.294. The molecule has 3 rings (SSSR count). The Morgan fingerprint density at radius 2 is 2.08 bits per heavy atom. The molecule has 1 aromatic heterocycles. The Kier molecular flexibility index (Phi) is 4.51. The molecule has 8 heteroatoms. The zero-order chi connectivity index (χ0) is 18.0. The van der Waals surface area contributed by atoms with Crippen LogP contribution in [0.2, 0.25) is 0 Å². The number of hydrogen-bond acceptors (Lipinski definition) is 5. The molecule has 8 nitrogen and oxygen atoms in total. The van der Waals surface area contributed by atoms with Crippen LogP contribution in [0.25, 0.3) is 10.9 Å². The van der Waals surface area contributed by atoms with Gasteiger partial charge in [-0.15, -0.1) is 0 Å². The maximum absolute atomic E-state index is 12.3. The maximum atomic E-state index is 12.3. The number of rotatable bonds is 4. The summed E-state index contributed by atoms with van der Waals surface area (Å²) in [6, 6.07) is 6.14. The number of benzene rings is 1. The van der Waals surface area contributed by atoms with Gasteiger partial charge in [-0.3, -0.25) is 9.48 Å². The minimum atomic E-state index is -0.497. The van der Waals surface area contributed by atoms with Crippen molar-refractivity contribution in [1.82, 2.24) is 20.4 Å². The Balaban J connectivity index is 2.09. The number of nitrogens with one attached hydrogen (secondary N) is 2. The Hall–Kier alpha value is -3.16. The predicted molar refractivity (Wildman–Crippen MR) is 90.8 cm³/mol. The molecular weight excluding hydrogens is 324 g/mol. The van der Waals surface area contributed by atoms with Gasteiger partial charge in [0.05, 0.1) is 42.2 Å². The lowest BCUT2D eigenvalue weighted by atomic mass is 10.0. The van der Waals surface area contributed by atoms with Crippen molar-refractivity contribution in [2.45, 2.75) is 26.4 Å². The molecule has 0 radical (unpaired) electrons. The number of hydrogen-bond donors (Lipinski definition) is 2. The number of urea groups is 1. The van der Waals surface area contributed by atoms with Crippen molar-refractivity contribution < 1.29 is 14.3 Å². The third kappa shape index (κ3) is 3.23. The van der Waals surface area contributed by atoms with Gasteiger partial charge in [-0.2, -0.15) is 5.10 Å². The summed E-state index contributed by atoms with van der Waals surface area (Å²) in [5, 5.41) is 9.95. The lowest BCUT2D eigenvalue weighted by molar-refractivity contribution is -0.139. The van der Waals surface area contributed by atoms with Crippen molar-refractivity contribution in [3.63, 3.8) is 0 Å². The monoisotopic (exact) mass is 342 g/mol. The molecule has 25 heavy (non-hydrogen) atoms. The van der Waals surface area contributed by atoms with E-state index in [0.717, 1.165) is 0 Å². The zero-order valence-electron chi connectivity index (χ0n) is 13.9. The van der Waals surface area contributed by atoms with Crippen LogP contribution >= 0.6 is 0 Å². The Morgan fingerprint density at radius 3 is 2.84 bits per heavy atom. The van der Waals surface area contributed by atoms with Crippen LogP contribution in [-0.4, -0.2) is 34.4 Å². The molecule has 1 aromatic carbocycles. The fourth-order valence-electron chi connectivity index (χ4n) is 2.84. The highest BCUT2D eigenvalue weighted by Crippen LogP contribution is 2.17. The molecule has 2 aromatic rings. The first-order valence-corrected chi connectivity index (χ1v) is 7.93. The van der Waals surface area contributed by atoms with Gasteiger partial charge < -0.3 is 15.4 Å². The Labute approximate surface area is 143 Å². The van der Waals surface area contributed by atoms with E-state index in [0.29, 0.717) is 22.2 Å². The first-order chi connectivity index (χ1) is 12.0. The van der Waals surface area contributed by atoms with Crippen LogP contribution in [0.5, 0.6) is 0 Å². The summed E-state index contributed by atoms with van der Waals surface area (Å²) in [6.45, 7) is 3.79. The molecular formula is C17H18N4O4. The van der Waals surface area contributed by atoms with Gasteiger partial charge in [0, 0.05) is 5.39 Å². The number of nitrogens with zero attached hydrogens (tertiary/aromatic N) is 2. The number of allylic oxidation sites excluding steroid dienone is 1. The Morgan fingerprint density at radius 1 is 1.32 bits per heavy atom. The second-order valence-electron chi connectivity index (χ2n) is 5.62. The second kappa shape index (κ2) is 6.76. The number of amides is 2. The second-order valence-corrected chi connectivity index (χ2v) is 5.62. The quantitative estimate of drug-likeness (QED) is 0.804. The van der Waals surface area contributed by atoms with Crippen LogP contribution in [0, 0.1) is 0 Å². The smallest absolute Gasteiger partial charge is 0.337 e. The first kappa shape index (κ1) is 16.7. The highest BCUT2D eigenvalue weighted by Gasteiger charge is 2.30. The van der Waals surface area contributed by atoms with Gasteiger partial charge >= 0.3 is 12.0 Å². The van der Waals surface area contributed by atoms with Gasteiger partial charge in [-0.1, -0.05) is 12.1 Å². The number of fused-ring (bicyclic) bond motifs is 1. The van der Waals surface area contributed by atoms with E-state index in [1.165, 1.54) is 6.20 Å². The Bertz CT molecular complexity index is 932. The molecule has 0 bridgehead atoms. The highest BCUT2D eigenvalue weighted by molar-refractivity contribution is 5.94. The zero-order valence-corrected chi connectivity index (χ0v) is 13.9. The third-order valence-electron chi connectivity index (χ3n) is 3.94. The molecule has 0 fully saturated rings.